The van der Waals surface area contributed by atoms with E-state index in [4.69, 9.17) is 0 Å². The van der Waals surface area contributed by atoms with Crippen LogP contribution in [0.4, 0.5) is 17.6 Å². The Morgan fingerprint density at radius 1 is 1.24 bits per heavy atom. The number of rotatable bonds is 6. The summed E-state index contributed by atoms with van der Waals surface area (Å²) in [6, 6.07) is 9.03. The van der Waals surface area contributed by atoms with Crippen LogP contribution in [0.5, 0.6) is 5.75 Å². The van der Waals surface area contributed by atoms with Crippen molar-refractivity contribution in [2.24, 2.45) is 0 Å². The van der Waals surface area contributed by atoms with Crippen LogP contribution in [-0.2, 0) is 6.54 Å². The lowest BCUT2D eigenvalue weighted by molar-refractivity contribution is 0.475. The monoisotopic (exact) mass is 400 g/mol. The molecule has 0 aliphatic heterocycles. The minimum absolute atomic E-state index is 0.250. The third-order valence-corrected chi connectivity index (χ3v) is 4.57. The van der Waals surface area contributed by atoms with Crippen molar-refractivity contribution in [3.63, 3.8) is 0 Å². The van der Waals surface area contributed by atoms with E-state index in [2.05, 4.69) is 46.7 Å². The van der Waals surface area contributed by atoms with Crippen molar-refractivity contribution in [2.45, 2.75) is 25.3 Å². The highest BCUT2D eigenvalue weighted by Gasteiger charge is 2.25. The molecule has 7 nitrogen and oxygen atoms in total. The summed E-state index contributed by atoms with van der Waals surface area (Å²) in [4.78, 5) is 8.76. The summed E-state index contributed by atoms with van der Waals surface area (Å²) in [6.45, 7) is 0.565. The minimum Gasteiger partial charge on any atom is -0.508 e. The molecule has 0 unspecified atom stereocenters. The Morgan fingerprint density at radius 3 is 2.80 bits per heavy atom. The van der Waals surface area contributed by atoms with E-state index in [1.165, 1.54) is 18.5 Å². The zero-order chi connectivity index (χ0) is 17.2. The second kappa shape index (κ2) is 6.72. The van der Waals surface area contributed by atoms with Gasteiger partial charge in [-0.25, -0.2) is 4.98 Å². The van der Waals surface area contributed by atoms with Gasteiger partial charge in [0.15, 0.2) is 11.6 Å². The maximum Gasteiger partial charge on any atom is 0.224 e. The van der Waals surface area contributed by atoms with E-state index in [1.807, 2.05) is 18.2 Å². The van der Waals surface area contributed by atoms with Gasteiger partial charge in [0.25, 0.3) is 0 Å². The van der Waals surface area contributed by atoms with E-state index in [-0.39, 0.29) is 5.75 Å². The van der Waals surface area contributed by atoms with Crippen LogP contribution < -0.4 is 10.6 Å². The third kappa shape index (κ3) is 3.90. The van der Waals surface area contributed by atoms with Crippen molar-refractivity contribution in [3.8, 4) is 5.75 Å². The molecule has 2 heterocycles. The number of phenolic OH excluding ortho intramolecular Hbond substituents is 1. The van der Waals surface area contributed by atoms with Crippen molar-refractivity contribution in [1.29, 1.82) is 0 Å². The van der Waals surface area contributed by atoms with Gasteiger partial charge in [-0.05, 0) is 46.5 Å². The number of anilines is 3. The molecule has 1 aliphatic rings. The summed E-state index contributed by atoms with van der Waals surface area (Å²) in [5, 5.41) is 23.1. The molecule has 0 spiro atoms. The summed E-state index contributed by atoms with van der Waals surface area (Å²) in [7, 11) is 0. The van der Waals surface area contributed by atoms with Gasteiger partial charge in [-0.3, -0.25) is 5.10 Å². The van der Waals surface area contributed by atoms with Crippen LogP contribution in [0, 0.1) is 0 Å². The number of hydrogen-bond donors (Lipinski definition) is 4. The number of aromatic amines is 1. The first-order valence-electron chi connectivity index (χ1n) is 8.04. The Balaban J connectivity index is 1.44. The third-order valence-electron chi connectivity index (χ3n) is 3.99. The SMILES string of the molecule is Oc1ccc(CNc2ncc(Br)c(Nc3cc(C4CC4)[nH]n3)n2)cc1. The lowest BCUT2D eigenvalue weighted by Gasteiger charge is -2.09. The molecule has 0 radical (unpaired) electrons. The van der Waals surface area contributed by atoms with E-state index in [0.29, 0.717) is 24.2 Å². The largest absolute Gasteiger partial charge is 0.508 e. The first-order valence-corrected chi connectivity index (χ1v) is 8.83. The molecule has 4 rings (SSSR count). The predicted molar refractivity (Wildman–Crippen MR) is 99.0 cm³/mol. The molecule has 3 aromatic rings. The Labute approximate surface area is 153 Å². The van der Waals surface area contributed by atoms with Crippen LogP contribution in [0.15, 0.2) is 41.0 Å². The zero-order valence-electron chi connectivity index (χ0n) is 13.3. The smallest absolute Gasteiger partial charge is 0.224 e. The molecule has 0 amide bonds. The Kier molecular flexibility index (Phi) is 4.27. The van der Waals surface area contributed by atoms with Crippen molar-refractivity contribution in [2.75, 3.05) is 10.6 Å². The number of hydrogen-bond acceptors (Lipinski definition) is 6. The number of aromatic hydroxyl groups is 1. The molecule has 128 valence electrons. The average molecular weight is 401 g/mol. The van der Waals surface area contributed by atoms with Crippen LogP contribution in [0.2, 0.25) is 0 Å². The molecule has 0 saturated heterocycles. The Morgan fingerprint density at radius 2 is 2.04 bits per heavy atom. The molecule has 1 fully saturated rings. The molecule has 4 N–H and O–H groups in total. The topological polar surface area (TPSA) is 98.8 Å². The van der Waals surface area contributed by atoms with E-state index in [0.717, 1.165) is 15.9 Å². The fourth-order valence-electron chi connectivity index (χ4n) is 2.46. The summed E-state index contributed by atoms with van der Waals surface area (Å²) in [5.41, 5.74) is 2.19. The van der Waals surface area contributed by atoms with Gasteiger partial charge in [-0.1, -0.05) is 12.1 Å². The molecular formula is C17H17BrN6O. The molecule has 1 saturated carbocycles. The Hall–Kier alpha value is -2.61. The maximum atomic E-state index is 9.32. The van der Waals surface area contributed by atoms with E-state index >= 15 is 0 Å². The summed E-state index contributed by atoms with van der Waals surface area (Å²) in [6.07, 6.45) is 4.15. The molecule has 1 aliphatic carbocycles. The maximum absolute atomic E-state index is 9.32. The van der Waals surface area contributed by atoms with E-state index < -0.39 is 0 Å². The summed E-state index contributed by atoms with van der Waals surface area (Å²) >= 11 is 3.46. The number of aromatic nitrogens is 4. The molecule has 8 heteroatoms. The van der Waals surface area contributed by atoms with Gasteiger partial charge in [0, 0.05) is 30.4 Å². The lowest BCUT2D eigenvalue weighted by atomic mass is 10.2. The van der Waals surface area contributed by atoms with Crippen molar-refractivity contribution in [1.82, 2.24) is 20.2 Å². The molecule has 0 bridgehead atoms. The quantitative estimate of drug-likeness (QED) is 0.500. The van der Waals surface area contributed by atoms with Gasteiger partial charge in [0.1, 0.15) is 5.75 Å². The first kappa shape index (κ1) is 15.9. The Bertz CT molecular complexity index is 875. The van der Waals surface area contributed by atoms with Gasteiger partial charge in [-0.2, -0.15) is 10.1 Å². The van der Waals surface area contributed by atoms with Crippen molar-refractivity contribution >= 4 is 33.5 Å². The number of benzene rings is 1. The molecular weight excluding hydrogens is 384 g/mol. The second-order valence-corrected chi connectivity index (χ2v) is 6.87. The number of halogens is 1. The van der Waals surface area contributed by atoms with Crippen LogP contribution in [-0.4, -0.2) is 25.3 Å². The second-order valence-electron chi connectivity index (χ2n) is 6.02. The number of nitrogens with zero attached hydrogens (tertiary/aromatic N) is 3. The predicted octanol–water partition coefficient (Wildman–Crippen LogP) is 3.90. The van der Waals surface area contributed by atoms with Gasteiger partial charge in [0.05, 0.1) is 4.47 Å². The highest BCUT2D eigenvalue weighted by molar-refractivity contribution is 9.10. The highest BCUT2D eigenvalue weighted by atomic mass is 79.9. The van der Waals surface area contributed by atoms with Crippen LogP contribution in [0.1, 0.15) is 30.0 Å². The van der Waals surface area contributed by atoms with Crippen LogP contribution >= 0.6 is 15.9 Å². The normalized spacial score (nSPS) is 13.6. The standard InChI is InChI=1S/C17H17BrN6O/c18-13-9-20-17(19-8-10-1-5-12(25)6-2-10)22-16(13)21-15-7-14(23-24-15)11-3-4-11/h1-2,5-7,9,11,25H,3-4,8H2,(H3,19,20,21,22,23,24). The molecule has 2 aromatic heterocycles. The van der Waals surface area contributed by atoms with Crippen LogP contribution in [0.25, 0.3) is 0 Å². The summed E-state index contributed by atoms with van der Waals surface area (Å²) < 4.78 is 0.763. The van der Waals surface area contributed by atoms with Gasteiger partial charge in [0.2, 0.25) is 5.95 Å². The highest BCUT2D eigenvalue weighted by Crippen LogP contribution is 2.39. The van der Waals surface area contributed by atoms with Crippen molar-refractivity contribution in [3.05, 3.63) is 52.3 Å². The van der Waals surface area contributed by atoms with E-state index in [1.54, 1.807) is 18.3 Å². The molecule has 25 heavy (non-hydrogen) atoms. The summed E-state index contributed by atoms with van der Waals surface area (Å²) in [5.74, 6) is 2.78. The van der Waals surface area contributed by atoms with Crippen LogP contribution in [0.3, 0.4) is 0 Å². The average Bonchev–Trinajstić information content (AvgIpc) is 3.37. The number of H-pyrrole nitrogens is 1. The van der Waals surface area contributed by atoms with E-state index in [9.17, 15) is 5.11 Å². The van der Waals surface area contributed by atoms with Gasteiger partial charge >= 0.3 is 0 Å². The number of phenols is 1. The molecule has 1 aromatic carbocycles. The lowest BCUT2D eigenvalue weighted by Crippen LogP contribution is -2.05. The fraction of sp³-hybridized carbons (Fsp3) is 0.235. The fourth-order valence-corrected chi connectivity index (χ4v) is 2.75. The number of nitrogens with one attached hydrogen (secondary N) is 3. The minimum atomic E-state index is 0.250. The zero-order valence-corrected chi connectivity index (χ0v) is 14.9. The van der Waals surface area contributed by atoms with Gasteiger partial charge in [-0.15, -0.1) is 0 Å². The van der Waals surface area contributed by atoms with Gasteiger partial charge < -0.3 is 15.7 Å². The van der Waals surface area contributed by atoms with Crippen molar-refractivity contribution < 1.29 is 5.11 Å². The first-order chi connectivity index (χ1) is 12.2. The molecule has 0 atom stereocenters.